The van der Waals surface area contributed by atoms with Crippen molar-refractivity contribution in [3.63, 3.8) is 0 Å². The third kappa shape index (κ3) is 3.01. The molecular weight excluding hydrogens is 330 g/mol. The van der Waals surface area contributed by atoms with Crippen molar-refractivity contribution < 1.29 is 9.21 Å². The van der Waals surface area contributed by atoms with E-state index in [4.69, 9.17) is 16.0 Å². The lowest BCUT2D eigenvalue weighted by atomic mass is 10.2. The molecule has 0 unspecified atom stereocenters. The molecule has 0 radical (unpaired) electrons. The maximum Gasteiger partial charge on any atom is 0.259 e. The normalized spacial score (nSPS) is 10.5. The molecule has 0 atom stereocenters. The molecule has 0 aliphatic heterocycles. The van der Waals surface area contributed by atoms with Gasteiger partial charge in [-0.3, -0.25) is 4.79 Å². The molecule has 0 aliphatic carbocycles. The molecule has 0 fully saturated rings. The number of halogens is 2. The summed E-state index contributed by atoms with van der Waals surface area (Å²) in [6.07, 6.45) is 2.19. The third-order valence-corrected chi connectivity index (χ3v) is 3.87. The molecule has 19 heavy (non-hydrogen) atoms. The molecule has 100 valence electrons. The van der Waals surface area contributed by atoms with Gasteiger partial charge in [-0.05, 0) is 46.6 Å². The summed E-state index contributed by atoms with van der Waals surface area (Å²) in [4.78, 5) is 12.2. The Balaban J connectivity index is 2.27. The highest BCUT2D eigenvalue weighted by atomic mass is 79.9. The molecular formula is C14H13BrClNO2. The minimum atomic E-state index is -0.203. The predicted molar refractivity (Wildman–Crippen MR) is 79.9 cm³/mol. The van der Waals surface area contributed by atoms with Gasteiger partial charge in [0.1, 0.15) is 5.76 Å². The van der Waals surface area contributed by atoms with E-state index in [1.807, 2.05) is 19.9 Å². The van der Waals surface area contributed by atoms with Crippen LogP contribution in [0, 0.1) is 6.92 Å². The van der Waals surface area contributed by atoms with Gasteiger partial charge in [0.2, 0.25) is 0 Å². The van der Waals surface area contributed by atoms with Crippen LogP contribution in [-0.4, -0.2) is 5.91 Å². The quantitative estimate of drug-likeness (QED) is 0.869. The van der Waals surface area contributed by atoms with Crippen LogP contribution >= 0.6 is 27.5 Å². The summed E-state index contributed by atoms with van der Waals surface area (Å²) in [5, 5.41) is 3.44. The molecule has 0 saturated heterocycles. The summed E-state index contributed by atoms with van der Waals surface area (Å²) in [7, 11) is 0. The standard InChI is InChI=1S/C14H13BrClNO2/c1-3-13-9(4-5-19-13)14(18)17-12-7-11(16)8(2)6-10(12)15/h4-7H,3H2,1-2H3,(H,17,18). The summed E-state index contributed by atoms with van der Waals surface area (Å²) in [6.45, 7) is 3.85. The molecule has 2 rings (SSSR count). The van der Waals surface area contributed by atoms with E-state index in [9.17, 15) is 4.79 Å². The SMILES string of the molecule is CCc1occc1C(=O)Nc1cc(Cl)c(C)cc1Br. The lowest BCUT2D eigenvalue weighted by molar-refractivity contribution is 0.102. The molecule has 0 aliphatic rings. The minimum absolute atomic E-state index is 0.203. The fraction of sp³-hybridized carbons (Fsp3) is 0.214. The number of benzene rings is 1. The van der Waals surface area contributed by atoms with Crippen molar-refractivity contribution in [3.05, 3.63) is 50.8 Å². The number of rotatable bonds is 3. The first kappa shape index (κ1) is 14.2. The average Bonchev–Trinajstić information content (AvgIpc) is 2.84. The monoisotopic (exact) mass is 341 g/mol. The molecule has 0 spiro atoms. The molecule has 1 heterocycles. The Hall–Kier alpha value is -1.26. The molecule has 3 nitrogen and oxygen atoms in total. The van der Waals surface area contributed by atoms with Crippen molar-refractivity contribution in [3.8, 4) is 0 Å². The van der Waals surface area contributed by atoms with E-state index in [0.29, 0.717) is 28.5 Å². The Morgan fingerprint density at radius 1 is 1.47 bits per heavy atom. The number of anilines is 1. The van der Waals surface area contributed by atoms with Crippen LogP contribution < -0.4 is 5.32 Å². The highest BCUT2D eigenvalue weighted by Gasteiger charge is 2.15. The molecule has 2 aromatic rings. The molecule has 1 N–H and O–H groups in total. The van der Waals surface area contributed by atoms with Crippen LogP contribution in [0.5, 0.6) is 0 Å². The highest BCUT2D eigenvalue weighted by molar-refractivity contribution is 9.10. The van der Waals surface area contributed by atoms with Gasteiger partial charge < -0.3 is 9.73 Å². The van der Waals surface area contributed by atoms with E-state index in [0.717, 1.165) is 10.0 Å². The Morgan fingerprint density at radius 3 is 2.89 bits per heavy atom. The van der Waals surface area contributed by atoms with Crippen LogP contribution in [0.4, 0.5) is 5.69 Å². The van der Waals surface area contributed by atoms with E-state index in [1.54, 1.807) is 12.1 Å². The Kier molecular flexibility index (Phi) is 4.32. The van der Waals surface area contributed by atoms with Gasteiger partial charge in [0.15, 0.2) is 0 Å². The van der Waals surface area contributed by atoms with E-state index in [2.05, 4.69) is 21.2 Å². The summed E-state index contributed by atoms with van der Waals surface area (Å²) in [5.41, 5.74) is 2.14. The van der Waals surface area contributed by atoms with Crippen molar-refractivity contribution in [2.45, 2.75) is 20.3 Å². The number of furan rings is 1. The summed E-state index contributed by atoms with van der Waals surface area (Å²) < 4.78 is 6.04. The first-order chi connectivity index (χ1) is 9.02. The second-order valence-corrected chi connectivity index (χ2v) is 5.41. The summed E-state index contributed by atoms with van der Waals surface area (Å²) in [5.74, 6) is 0.470. The fourth-order valence-electron chi connectivity index (χ4n) is 1.75. The van der Waals surface area contributed by atoms with Crippen molar-refractivity contribution >= 4 is 39.1 Å². The maximum atomic E-state index is 12.2. The van der Waals surface area contributed by atoms with Gasteiger partial charge in [0.05, 0.1) is 17.5 Å². The largest absolute Gasteiger partial charge is 0.469 e. The maximum absolute atomic E-state index is 12.2. The Morgan fingerprint density at radius 2 is 2.21 bits per heavy atom. The summed E-state index contributed by atoms with van der Waals surface area (Å²) in [6, 6.07) is 5.26. The van der Waals surface area contributed by atoms with Gasteiger partial charge in [0.25, 0.3) is 5.91 Å². The number of hydrogen-bond donors (Lipinski definition) is 1. The van der Waals surface area contributed by atoms with Gasteiger partial charge in [-0.15, -0.1) is 0 Å². The zero-order chi connectivity index (χ0) is 14.0. The molecule has 0 bridgehead atoms. The fourth-order valence-corrected chi connectivity index (χ4v) is 2.47. The second-order valence-electron chi connectivity index (χ2n) is 4.15. The number of carbonyl (C=O) groups excluding carboxylic acids is 1. The van der Waals surface area contributed by atoms with E-state index < -0.39 is 0 Å². The van der Waals surface area contributed by atoms with Gasteiger partial charge in [-0.2, -0.15) is 0 Å². The van der Waals surface area contributed by atoms with Crippen LogP contribution in [0.25, 0.3) is 0 Å². The summed E-state index contributed by atoms with van der Waals surface area (Å²) >= 11 is 9.47. The van der Waals surface area contributed by atoms with Crippen LogP contribution in [0.3, 0.4) is 0 Å². The van der Waals surface area contributed by atoms with E-state index >= 15 is 0 Å². The number of amides is 1. The number of nitrogens with one attached hydrogen (secondary N) is 1. The number of carbonyl (C=O) groups is 1. The van der Waals surface area contributed by atoms with Gasteiger partial charge >= 0.3 is 0 Å². The van der Waals surface area contributed by atoms with Crippen molar-refractivity contribution in [1.82, 2.24) is 0 Å². The topological polar surface area (TPSA) is 42.2 Å². The van der Waals surface area contributed by atoms with Crippen molar-refractivity contribution in [1.29, 1.82) is 0 Å². The van der Waals surface area contributed by atoms with Crippen LogP contribution in [0.1, 0.15) is 28.6 Å². The Bertz CT molecular complexity index is 622. The zero-order valence-corrected chi connectivity index (χ0v) is 12.9. The van der Waals surface area contributed by atoms with Crippen LogP contribution in [0.15, 0.2) is 33.4 Å². The zero-order valence-electron chi connectivity index (χ0n) is 10.6. The van der Waals surface area contributed by atoms with Crippen LogP contribution in [-0.2, 0) is 6.42 Å². The molecule has 5 heteroatoms. The predicted octanol–water partition coefficient (Wildman–Crippen LogP) is 4.82. The molecule has 0 saturated carbocycles. The van der Waals surface area contributed by atoms with E-state index in [-0.39, 0.29) is 5.91 Å². The molecule has 1 aromatic carbocycles. The van der Waals surface area contributed by atoms with Crippen LogP contribution in [0.2, 0.25) is 5.02 Å². The molecule has 1 aromatic heterocycles. The number of hydrogen-bond acceptors (Lipinski definition) is 2. The second kappa shape index (κ2) is 5.80. The Labute approximate surface area is 125 Å². The van der Waals surface area contributed by atoms with Gasteiger partial charge in [-0.25, -0.2) is 0 Å². The first-order valence-corrected chi connectivity index (χ1v) is 7.03. The average molecular weight is 343 g/mol. The van der Waals surface area contributed by atoms with E-state index in [1.165, 1.54) is 6.26 Å². The smallest absolute Gasteiger partial charge is 0.259 e. The van der Waals surface area contributed by atoms with Gasteiger partial charge in [-0.1, -0.05) is 18.5 Å². The van der Waals surface area contributed by atoms with Crippen molar-refractivity contribution in [2.75, 3.05) is 5.32 Å². The third-order valence-electron chi connectivity index (χ3n) is 2.81. The first-order valence-electron chi connectivity index (χ1n) is 5.86. The lowest BCUT2D eigenvalue weighted by Crippen LogP contribution is -2.13. The minimum Gasteiger partial charge on any atom is -0.469 e. The molecule has 1 amide bonds. The van der Waals surface area contributed by atoms with Gasteiger partial charge in [0, 0.05) is 15.9 Å². The lowest BCUT2D eigenvalue weighted by Gasteiger charge is -2.09. The van der Waals surface area contributed by atoms with Crippen molar-refractivity contribution in [2.24, 2.45) is 0 Å². The number of aryl methyl sites for hydroxylation is 2. The highest BCUT2D eigenvalue weighted by Crippen LogP contribution is 2.29.